The summed E-state index contributed by atoms with van der Waals surface area (Å²) in [6, 6.07) is 13.4. The fourth-order valence-corrected chi connectivity index (χ4v) is 4.82. The van der Waals surface area contributed by atoms with Gasteiger partial charge >= 0.3 is 0 Å². The lowest BCUT2D eigenvalue weighted by atomic mass is 10.0. The highest BCUT2D eigenvalue weighted by Gasteiger charge is 2.30. The number of carbonyl (C=O) groups excluding carboxylic acids is 2. The summed E-state index contributed by atoms with van der Waals surface area (Å²) in [4.78, 5) is 42.1. The van der Waals surface area contributed by atoms with Crippen molar-refractivity contribution < 1.29 is 9.59 Å². The van der Waals surface area contributed by atoms with E-state index in [1.165, 1.54) is 12.4 Å². The molecule has 2 aliphatic heterocycles. The number of aromatic nitrogens is 1. The Kier molecular flexibility index (Phi) is 6.10. The van der Waals surface area contributed by atoms with Crippen LogP contribution in [-0.2, 0) is 22.4 Å². The molecule has 178 valence electrons. The first-order chi connectivity index (χ1) is 16.9. The monoisotopic (exact) mass is 490 g/mol. The summed E-state index contributed by atoms with van der Waals surface area (Å²) >= 11 is 6.20. The van der Waals surface area contributed by atoms with Gasteiger partial charge in [0.25, 0.3) is 5.56 Å². The number of nitrogens with one attached hydrogen (secondary N) is 3. The van der Waals surface area contributed by atoms with Crippen molar-refractivity contribution in [3.8, 4) is 11.1 Å². The summed E-state index contributed by atoms with van der Waals surface area (Å²) < 4.78 is 1.55. The molecule has 5 rings (SSSR count). The minimum absolute atomic E-state index is 0.0108. The summed E-state index contributed by atoms with van der Waals surface area (Å²) in [5.74, 6) is 5.04. The average molecular weight is 491 g/mol. The molecule has 3 aromatic rings. The van der Waals surface area contributed by atoms with E-state index in [0.29, 0.717) is 53.2 Å². The summed E-state index contributed by atoms with van der Waals surface area (Å²) in [6.45, 7) is 0. The number of aliphatic imine (C=N–C) groups is 1. The number of halogens is 1. The van der Waals surface area contributed by atoms with Crippen LogP contribution in [0.25, 0.3) is 11.1 Å². The number of nitrogens with zero attached hydrogens (tertiary/aromatic N) is 2. The molecule has 0 radical (unpaired) electrons. The Hall–Kier alpha value is -3.95. The van der Waals surface area contributed by atoms with E-state index in [-0.39, 0.29) is 17.4 Å². The maximum absolute atomic E-state index is 13.1. The van der Waals surface area contributed by atoms with Gasteiger partial charge in [0, 0.05) is 40.1 Å². The minimum atomic E-state index is -0.611. The number of nitrogens with two attached hydrogens (primary N) is 1. The van der Waals surface area contributed by atoms with Crippen LogP contribution >= 0.6 is 11.6 Å². The van der Waals surface area contributed by atoms with Crippen molar-refractivity contribution in [2.45, 2.75) is 31.7 Å². The number of fused-ring (bicyclic) bond motifs is 2. The Labute approximate surface area is 206 Å². The number of hydrogen-bond acceptors (Lipinski definition) is 5. The van der Waals surface area contributed by atoms with Gasteiger partial charge < -0.3 is 20.6 Å². The number of rotatable bonds is 5. The molecule has 0 unspecified atom stereocenters. The van der Waals surface area contributed by atoms with Gasteiger partial charge in [0.05, 0.1) is 5.69 Å². The molecule has 2 amide bonds. The second-order valence-electron chi connectivity index (χ2n) is 8.49. The second kappa shape index (κ2) is 9.36. The van der Waals surface area contributed by atoms with E-state index in [2.05, 4.69) is 21.1 Å². The van der Waals surface area contributed by atoms with Gasteiger partial charge in [-0.05, 0) is 72.9 Å². The third kappa shape index (κ3) is 4.55. The van der Waals surface area contributed by atoms with Crippen molar-refractivity contribution in [2.75, 3.05) is 10.6 Å². The van der Waals surface area contributed by atoms with E-state index >= 15 is 0 Å². The summed E-state index contributed by atoms with van der Waals surface area (Å²) in [7, 11) is 0. The quantitative estimate of drug-likeness (QED) is 0.189. The van der Waals surface area contributed by atoms with Crippen LogP contribution in [0.1, 0.15) is 30.1 Å². The van der Waals surface area contributed by atoms with E-state index < -0.39 is 6.04 Å². The molecule has 0 fully saturated rings. The van der Waals surface area contributed by atoms with Crippen molar-refractivity contribution in [1.82, 2.24) is 9.99 Å². The van der Waals surface area contributed by atoms with E-state index in [9.17, 15) is 14.4 Å². The van der Waals surface area contributed by atoms with Crippen molar-refractivity contribution in [1.29, 1.82) is 0 Å². The Balaban J connectivity index is 1.42. The number of aryl methyl sites for hydroxylation is 2. The zero-order valence-electron chi connectivity index (χ0n) is 18.7. The highest BCUT2D eigenvalue weighted by Crippen LogP contribution is 2.35. The summed E-state index contributed by atoms with van der Waals surface area (Å²) in [5, 5.41) is 6.28. The zero-order valence-corrected chi connectivity index (χ0v) is 19.4. The second-order valence-corrected chi connectivity index (χ2v) is 8.93. The van der Waals surface area contributed by atoms with Gasteiger partial charge in [0.15, 0.2) is 0 Å². The molecule has 0 saturated carbocycles. The Morgan fingerprint density at radius 2 is 1.97 bits per heavy atom. The fourth-order valence-electron chi connectivity index (χ4n) is 4.64. The van der Waals surface area contributed by atoms with Gasteiger partial charge in [-0.1, -0.05) is 11.6 Å². The third-order valence-electron chi connectivity index (χ3n) is 6.25. The van der Waals surface area contributed by atoms with Gasteiger partial charge in [-0.3, -0.25) is 14.4 Å². The molecule has 0 aliphatic carbocycles. The molecule has 35 heavy (non-hydrogen) atoms. The molecule has 0 bridgehead atoms. The predicted molar refractivity (Wildman–Crippen MR) is 136 cm³/mol. The number of hydrogen-bond donors (Lipinski definition) is 4. The molecule has 9 nitrogen and oxygen atoms in total. The van der Waals surface area contributed by atoms with E-state index in [1.54, 1.807) is 34.9 Å². The maximum Gasteiger partial charge on any atom is 0.252 e. The summed E-state index contributed by atoms with van der Waals surface area (Å²) in [5.41, 5.74) is 7.21. The van der Waals surface area contributed by atoms with Crippen LogP contribution in [-0.4, -0.2) is 22.7 Å². The third-order valence-corrected chi connectivity index (χ3v) is 6.49. The molecule has 5 N–H and O–H groups in total. The lowest BCUT2D eigenvalue weighted by molar-refractivity contribution is -0.119. The molecule has 0 spiro atoms. The maximum atomic E-state index is 13.1. The standard InChI is InChI=1S/C25H23ClN6O3/c26-16-2-5-21(28-13-29-27)19(12-16)15-10-18-4-7-22(32(18)24(34)11-15)25(35)30-17-3-6-20-14(9-17)1-8-23(33)31-20/h2-3,5-6,9-13,22H,1,4,7-8,27H2,(H,28,29)(H,30,35)(H,31,33)/t22-/m0/s1. The average Bonchev–Trinajstić information content (AvgIpc) is 3.28. The van der Waals surface area contributed by atoms with Crippen LogP contribution in [0.4, 0.5) is 17.1 Å². The molecule has 1 aromatic heterocycles. The van der Waals surface area contributed by atoms with E-state index in [1.807, 2.05) is 12.1 Å². The number of amides is 2. The highest BCUT2D eigenvalue weighted by atomic mass is 35.5. The van der Waals surface area contributed by atoms with E-state index in [4.69, 9.17) is 17.4 Å². The number of benzene rings is 2. The van der Waals surface area contributed by atoms with E-state index in [0.717, 1.165) is 16.9 Å². The first-order valence-corrected chi connectivity index (χ1v) is 11.6. The van der Waals surface area contributed by atoms with Gasteiger partial charge in [-0.15, -0.1) is 0 Å². The van der Waals surface area contributed by atoms with Crippen LogP contribution in [0.2, 0.25) is 5.02 Å². The number of anilines is 2. The van der Waals surface area contributed by atoms with Gasteiger partial charge in [0.1, 0.15) is 12.4 Å². The van der Waals surface area contributed by atoms with Gasteiger partial charge in [-0.2, -0.15) is 0 Å². The normalized spacial score (nSPS) is 16.5. The first kappa shape index (κ1) is 22.8. The molecule has 2 aromatic carbocycles. The van der Waals surface area contributed by atoms with Gasteiger partial charge in [-0.25, -0.2) is 10.8 Å². The number of pyridine rings is 1. The van der Waals surface area contributed by atoms with Crippen molar-refractivity contribution in [2.24, 2.45) is 10.8 Å². The fraction of sp³-hybridized carbons (Fsp3) is 0.200. The topological polar surface area (TPSA) is 131 Å². The molecular weight excluding hydrogens is 468 g/mol. The summed E-state index contributed by atoms with van der Waals surface area (Å²) in [6.07, 6.45) is 3.49. The molecule has 1 atom stereocenters. The molecule has 0 saturated heterocycles. The number of hydrazine groups is 1. The molecule has 3 heterocycles. The molecule has 2 aliphatic rings. The van der Waals surface area contributed by atoms with Crippen LogP contribution in [0.3, 0.4) is 0 Å². The lowest BCUT2D eigenvalue weighted by Gasteiger charge is -2.19. The predicted octanol–water partition coefficient (Wildman–Crippen LogP) is 3.30. The lowest BCUT2D eigenvalue weighted by Crippen LogP contribution is -2.31. The highest BCUT2D eigenvalue weighted by molar-refractivity contribution is 6.31. The van der Waals surface area contributed by atoms with Crippen molar-refractivity contribution >= 4 is 46.8 Å². The van der Waals surface area contributed by atoms with Crippen molar-refractivity contribution in [3.05, 3.63) is 75.2 Å². The SMILES string of the molecule is NNC=Nc1ccc(Cl)cc1-c1cc2n(c(=O)c1)[C@H](C(=O)Nc1ccc3c(c1)CCC(=O)N3)CC2. The van der Waals surface area contributed by atoms with Crippen LogP contribution in [0, 0.1) is 0 Å². The Morgan fingerprint density at radius 3 is 2.80 bits per heavy atom. The first-order valence-electron chi connectivity index (χ1n) is 11.2. The Bertz CT molecular complexity index is 1430. The minimum Gasteiger partial charge on any atom is -0.326 e. The van der Waals surface area contributed by atoms with Crippen LogP contribution in [0.15, 0.2) is 58.3 Å². The molecule has 10 heteroatoms. The van der Waals surface area contributed by atoms with Gasteiger partial charge in [0.2, 0.25) is 11.8 Å². The largest absolute Gasteiger partial charge is 0.326 e. The number of carbonyl (C=O) groups is 2. The Morgan fingerprint density at radius 1 is 1.11 bits per heavy atom. The van der Waals surface area contributed by atoms with Crippen molar-refractivity contribution in [3.63, 3.8) is 0 Å². The zero-order chi connectivity index (χ0) is 24.5. The molecular formula is C25H23ClN6O3. The van der Waals surface area contributed by atoms with Crippen LogP contribution in [0.5, 0.6) is 0 Å². The smallest absolute Gasteiger partial charge is 0.252 e. The van der Waals surface area contributed by atoms with Crippen LogP contribution < -0.4 is 27.5 Å².